The van der Waals surface area contributed by atoms with Gasteiger partial charge in [0.2, 0.25) is 5.91 Å². The van der Waals surface area contributed by atoms with E-state index in [4.69, 9.17) is 4.52 Å². The smallest absolute Gasteiger partial charge is 0.325 e. The van der Waals surface area contributed by atoms with Crippen molar-refractivity contribution in [3.63, 3.8) is 0 Å². The Morgan fingerprint density at radius 3 is 2.59 bits per heavy atom. The van der Waals surface area contributed by atoms with Crippen LogP contribution >= 0.6 is 11.8 Å². The normalized spacial score (nSPS) is 10.6. The molecule has 1 heterocycles. The fraction of sp³-hybridized carbons (Fsp3) is 0.158. The van der Waals surface area contributed by atoms with Gasteiger partial charge in [0.1, 0.15) is 0 Å². The van der Waals surface area contributed by atoms with Crippen LogP contribution in [0.25, 0.3) is 11.4 Å². The number of ketones is 1. The Labute approximate surface area is 159 Å². The standard InChI is InChI=1S/C19H17N3O4S/c1-12(23)20-15-9-8-14(10-17(15)27-2)16(24)11-22-18(21-26-19(22)25)13-6-4-3-5-7-13/h3-10H,11H2,1-2H3,(H,20,23). The number of Topliss-reactive ketones (excluding diaryl/α,β-unsaturated/α-hetero) is 1. The zero-order valence-electron chi connectivity index (χ0n) is 14.8. The molecule has 0 fully saturated rings. The van der Waals surface area contributed by atoms with Gasteiger partial charge in [0, 0.05) is 22.9 Å². The maximum Gasteiger partial charge on any atom is 0.442 e. The number of carbonyl (C=O) groups is 2. The predicted molar refractivity (Wildman–Crippen MR) is 103 cm³/mol. The summed E-state index contributed by atoms with van der Waals surface area (Å²) in [6.07, 6.45) is 1.85. The van der Waals surface area contributed by atoms with E-state index in [-0.39, 0.29) is 18.2 Å². The molecule has 0 atom stereocenters. The zero-order chi connectivity index (χ0) is 19.4. The number of nitrogens with zero attached hydrogens (tertiary/aromatic N) is 2. The molecule has 138 valence electrons. The van der Waals surface area contributed by atoms with Gasteiger partial charge in [0.15, 0.2) is 11.6 Å². The van der Waals surface area contributed by atoms with Gasteiger partial charge in [0.25, 0.3) is 0 Å². The molecule has 0 saturated heterocycles. The minimum atomic E-state index is -0.692. The number of aromatic nitrogens is 2. The van der Waals surface area contributed by atoms with Crippen molar-refractivity contribution >= 4 is 29.1 Å². The molecule has 3 rings (SSSR count). The topological polar surface area (TPSA) is 94.2 Å². The summed E-state index contributed by atoms with van der Waals surface area (Å²) >= 11 is 1.41. The quantitative estimate of drug-likeness (QED) is 0.519. The van der Waals surface area contributed by atoms with E-state index in [1.54, 1.807) is 30.3 Å². The Morgan fingerprint density at radius 2 is 1.93 bits per heavy atom. The first-order valence-corrected chi connectivity index (χ1v) is 9.33. The molecule has 1 aromatic heterocycles. The van der Waals surface area contributed by atoms with Crippen molar-refractivity contribution in [3.05, 3.63) is 64.6 Å². The van der Waals surface area contributed by atoms with Crippen LogP contribution in [0.2, 0.25) is 0 Å². The van der Waals surface area contributed by atoms with Crippen molar-refractivity contribution in [1.29, 1.82) is 0 Å². The molecule has 2 aromatic carbocycles. The van der Waals surface area contributed by atoms with Gasteiger partial charge in [-0.3, -0.25) is 14.1 Å². The molecule has 0 aliphatic carbocycles. The average molecular weight is 383 g/mol. The first-order chi connectivity index (χ1) is 13.0. The highest BCUT2D eigenvalue weighted by Crippen LogP contribution is 2.27. The van der Waals surface area contributed by atoms with E-state index in [1.807, 2.05) is 24.5 Å². The van der Waals surface area contributed by atoms with Crippen LogP contribution in [-0.2, 0) is 11.3 Å². The molecule has 27 heavy (non-hydrogen) atoms. The lowest BCUT2D eigenvalue weighted by Gasteiger charge is -2.10. The molecule has 1 N–H and O–H groups in total. The van der Waals surface area contributed by atoms with Crippen molar-refractivity contribution < 1.29 is 14.1 Å². The summed E-state index contributed by atoms with van der Waals surface area (Å²) in [6.45, 7) is 1.23. The minimum absolute atomic E-state index is 0.187. The summed E-state index contributed by atoms with van der Waals surface area (Å²) in [6, 6.07) is 14.0. The number of hydrogen-bond acceptors (Lipinski definition) is 6. The van der Waals surface area contributed by atoms with Crippen LogP contribution in [0.5, 0.6) is 0 Å². The first-order valence-electron chi connectivity index (χ1n) is 8.10. The number of anilines is 1. The van der Waals surface area contributed by atoms with Crippen molar-refractivity contribution in [2.75, 3.05) is 11.6 Å². The Bertz CT molecular complexity index is 1040. The van der Waals surface area contributed by atoms with Gasteiger partial charge in [-0.1, -0.05) is 35.5 Å². The van der Waals surface area contributed by atoms with Crippen molar-refractivity contribution in [3.8, 4) is 11.4 Å². The van der Waals surface area contributed by atoms with Gasteiger partial charge in [-0.2, -0.15) is 0 Å². The molecule has 1 amide bonds. The van der Waals surface area contributed by atoms with Crippen molar-refractivity contribution in [1.82, 2.24) is 9.72 Å². The highest BCUT2D eigenvalue weighted by atomic mass is 32.2. The number of benzene rings is 2. The van der Waals surface area contributed by atoms with E-state index in [9.17, 15) is 14.4 Å². The van der Waals surface area contributed by atoms with E-state index in [0.29, 0.717) is 22.6 Å². The van der Waals surface area contributed by atoms with Gasteiger partial charge in [-0.05, 0) is 24.5 Å². The fourth-order valence-corrected chi connectivity index (χ4v) is 3.18. The van der Waals surface area contributed by atoms with E-state index in [2.05, 4.69) is 10.5 Å². The number of hydrogen-bond donors (Lipinski definition) is 1. The maximum absolute atomic E-state index is 12.7. The molecule has 0 bridgehead atoms. The van der Waals surface area contributed by atoms with Gasteiger partial charge >= 0.3 is 5.76 Å². The van der Waals surface area contributed by atoms with Crippen LogP contribution in [0.3, 0.4) is 0 Å². The lowest BCUT2D eigenvalue weighted by atomic mass is 10.1. The average Bonchev–Trinajstić information content (AvgIpc) is 3.02. The lowest BCUT2D eigenvalue weighted by molar-refractivity contribution is -0.114. The largest absolute Gasteiger partial charge is 0.442 e. The molecule has 0 unspecified atom stereocenters. The van der Waals surface area contributed by atoms with E-state index >= 15 is 0 Å². The summed E-state index contributed by atoms with van der Waals surface area (Å²) in [5, 5.41) is 6.51. The molecule has 0 aliphatic heterocycles. The van der Waals surface area contributed by atoms with Crippen LogP contribution in [0.15, 0.2) is 62.7 Å². The molecule has 0 radical (unpaired) electrons. The molecule has 7 nitrogen and oxygen atoms in total. The molecule has 0 aliphatic rings. The third-order valence-corrected chi connectivity index (χ3v) is 4.63. The third kappa shape index (κ3) is 4.17. The zero-order valence-corrected chi connectivity index (χ0v) is 15.6. The second-order valence-electron chi connectivity index (χ2n) is 5.74. The molecule has 0 spiro atoms. The Morgan fingerprint density at radius 1 is 1.19 bits per heavy atom. The van der Waals surface area contributed by atoms with Crippen molar-refractivity contribution in [2.24, 2.45) is 0 Å². The number of amides is 1. The number of carbonyl (C=O) groups excluding carboxylic acids is 2. The van der Waals surface area contributed by atoms with Crippen LogP contribution in [0.1, 0.15) is 17.3 Å². The fourth-order valence-electron chi connectivity index (χ4n) is 2.59. The summed E-state index contributed by atoms with van der Waals surface area (Å²) in [7, 11) is 0. The summed E-state index contributed by atoms with van der Waals surface area (Å²) in [4.78, 5) is 36.8. The third-order valence-electron chi connectivity index (χ3n) is 3.85. The van der Waals surface area contributed by atoms with Gasteiger partial charge in [-0.15, -0.1) is 11.8 Å². The van der Waals surface area contributed by atoms with E-state index in [1.165, 1.54) is 23.3 Å². The number of rotatable bonds is 6. The van der Waals surface area contributed by atoms with E-state index < -0.39 is 5.76 Å². The lowest BCUT2D eigenvalue weighted by Crippen LogP contribution is -2.21. The van der Waals surface area contributed by atoms with E-state index in [0.717, 1.165) is 4.90 Å². The minimum Gasteiger partial charge on any atom is -0.325 e. The van der Waals surface area contributed by atoms with Crippen LogP contribution < -0.4 is 11.1 Å². The number of nitrogens with one attached hydrogen (secondary N) is 1. The van der Waals surface area contributed by atoms with Crippen molar-refractivity contribution in [2.45, 2.75) is 18.4 Å². The second-order valence-corrected chi connectivity index (χ2v) is 6.59. The van der Waals surface area contributed by atoms with Gasteiger partial charge < -0.3 is 5.32 Å². The molecule has 8 heteroatoms. The molecule has 0 saturated carbocycles. The monoisotopic (exact) mass is 383 g/mol. The highest BCUT2D eigenvalue weighted by molar-refractivity contribution is 7.98. The Balaban J connectivity index is 1.90. The maximum atomic E-state index is 12.7. The predicted octanol–water partition coefficient (Wildman–Crippen LogP) is 3.07. The van der Waals surface area contributed by atoms with Crippen LogP contribution in [0.4, 0.5) is 5.69 Å². The summed E-state index contributed by atoms with van der Waals surface area (Å²) in [5.74, 6) is -0.842. The molecular formula is C19H17N3O4S. The second kappa shape index (κ2) is 8.05. The van der Waals surface area contributed by atoms with Crippen LogP contribution in [-0.4, -0.2) is 27.7 Å². The SMILES string of the molecule is CSc1cc(C(=O)Cn2c(-c3ccccc3)noc2=O)ccc1NC(C)=O. The summed E-state index contributed by atoms with van der Waals surface area (Å²) < 4.78 is 5.95. The number of thioether (sulfide) groups is 1. The van der Waals surface area contributed by atoms with Crippen LogP contribution in [0, 0.1) is 0 Å². The molecular weight excluding hydrogens is 366 g/mol. The highest BCUT2D eigenvalue weighted by Gasteiger charge is 2.17. The Kier molecular flexibility index (Phi) is 5.56. The summed E-state index contributed by atoms with van der Waals surface area (Å²) in [5.41, 5.74) is 1.75. The Hall–Kier alpha value is -3.13. The van der Waals surface area contributed by atoms with Gasteiger partial charge in [-0.25, -0.2) is 9.36 Å². The van der Waals surface area contributed by atoms with Gasteiger partial charge in [0.05, 0.1) is 12.2 Å². The first kappa shape index (κ1) is 18.7. The molecule has 3 aromatic rings.